The number of fused-ring (bicyclic) bond motifs is 1. The number of rotatable bonds is 5. The second-order valence-electron chi connectivity index (χ2n) is 5.78. The summed E-state index contributed by atoms with van der Waals surface area (Å²) in [5, 5.41) is 3.38. The van der Waals surface area contributed by atoms with Gasteiger partial charge in [0.15, 0.2) is 0 Å². The van der Waals surface area contributed by atoms with Gasteiger partial charge in [0.1, 0.15) is 0 Å². The van der Waals surface area contributed by atoms with E-state index in [-0.39, 0.29) is 0 Å². The summed E-state index contributed by atoms with van der Waals surface area (Å²) in [7, 11) is 0. The van der Waals surface area contributed by atoms with Crippen LogP contribution in [-0.4, -0.2) is 11.1 Å². The zero-order valence-corrected chi connectivity index (χ0v) is 12.3. The number of hydrogen-bond donors (Lipinski definition) is 1. The standard InChI is InChI=1S/C18H24N2/c1-2-19-12-15-10-11-20(13-15)14-17-8-5-7-16-6-3-4-9-18(16)17/h3-4,6,9-11,13,17,19H,2,5,7-8,12,14H2,1H3. The van der Waals surface area contributed by atoms with E-state index in [0.717, 1.165) is 19.6 Å². The molecule has 0 fully saturated rings. The summed E-state index contributed by atoms with van der Waals surface area (Å²) in [4.78, 5) is 0. The smallest absolute Gasteiger partial charge is 0.0288 e. The van der Waals surface area contributed by atoms with Crippen LogP contribution < -0.4 is 5.32 Å². The lowest BCUT2D eigenvalue weighted by atomic mass is 9.83. The van der Waals surface area contributed by atoms with Crippen molar-refractivity contribution in [3.8, 4) is 0 Å². The van der Waals surface area contributed by atoms with Crippen molar-refractivity contribution in [3.05, 3.63) is 59.4 Å². The molecule has 0 radical (unpaired) electrons. The minimum absolute atomic E-state index is 0.680. The average molecular weight is 268 g/mol. The van der Waals surface area contributed by atoms with E-state index < -0.39 is 0 Å². The summed E-state index contributed by atoms with van der Waals surface area (Å²) in [5.74, 6) is 0.680. The Kier molecular flexibility index (Phi) is 4.22. The zero-order valence-electron chi connectivity index (χ0n) is 12.3. The lowest BCUT2D eigenvalue weighted by Gasteiger charge is -2.25. The third-order valence-corrected chi connectivity index (χ3v) is 4.32. The van der Waals surface area contributed by atoms with E-state index in [1.807, 2.05) is 0 Å². The molecule has 1 aromatic carbocycles. The van der Waals surface area contributed by atoms with Crippen LogP contribution in [0.1, 0.15) is 42.4 Å². The second kappa shape index (κ2) is 6.27. The molecular formula is C18H24N2. The fraction of sp³-hybridized carbons (Fsp3) is 0.444. The third kappa shape index (κ3) is 2.96. The molecule has 0 amide bonds. The van der Waals surface area contributed by atoms with E-state index in [2.05, 4.69) is 59.5 Å². The van der Waals surface area contributed by atoms with Crippen LogP contribution >= 0.6 is 0 Å². The van der Waals surface area contributed by atoms with Gasteiger partial charge in [0.25, 0.3) is 0 Å². The second-order valence-corrected chi connectivity index (χ2v) is 5.78. The first-order chi connectivity index (χ1) is 9.86. The summed E-state index contributed by atoms with van der Waals surface area (Å²) in [6.45, 7) is 5.27. The highest BCUT2D eigenvalue weighted by atomic mass is 14.9. The van der Waals surface area contributed by atoms with Crippen LogP contribution in [0.25, 0.3) is 0 Å². The van der Waals surface area contributed by atoms with E-state index in [4.69, 9.17) is 0 Å². The fourth-order valence-electron chi connectivity index (χ4n) is 3.28. The monoisotopic (exact) mass is 268 g/mol. The Hall–Kier alpha value is -1.54. The third-order valence-electron chi connectivity index (χ3n) is 4.32. The van der Waals surface area contributed by atoms with Crippen molar-refractivity contribution in [3.63, 3.8) is 0 Å². The molecule has 3 rings (SSSR count). The van der Waals surface area contributed by atoms with Crippen molar-refractivity contribution in [2.45, 2.75) is 45.2 Å². The number of aromatic nitrogens is 1. The van der Waals surface area contributed by atoms with Crippen molar-refractivity contribution in [1.29, 1.82) is 0 Å². The molecule has 0 saturated heterocycles. The Morgan fingerprint density at radius 3 is 3.05 bits per heavy atom. The fourth-order valence-corrected chi connectivity index (χ4v) is 3.28. The summed E-state index contributed by atoms with van der Waals surface area (Å²) in [6, 6.07) is 11.2. The number of nitrogens with zero attached hydrogens (tertiary/aromatic N) is 1. The van der Waals surface area contributed by atoms with Gasteiger partial charge in [0, 0.05) is 31.4 Å². The number of aryl methyl sites for hydroxylation is 1. The summed E-state index contributed by atoms with van der Waals surface area (Å²) >= 11 is 0. The van der Waals surface area contributed by atoms with Gasteiger partial charge in [-0.2, -0.15) is 0 Å². The van der Waals surface area contributed by atoms with Gasteiger partial charge in [0.05, 0.1) is 0 Å². The van der Waals surface area contributed by atoms with Crippen molar-refractivity contribution >= 4 is 0 Å². The minimum Gasteiger partial charge on any atom is -0.353 e. The Labute approximate surface area is 121 Å². The quantitative estimate of drug-likeness (QED) is 0.874. The van der Waals surface area contributed by atoms with Crippen molar-refractivity contribution < 1.29 is 0 Å². The van der Waals surface area contributed by atoms with E-state index in [1.165, 1.54) is 24.8 Å². The molecule has 1 atom stereocenters. The summed E-state index contributed by atoms with van der Waals surface area (Å²) in [5.41, 5.74) is 4.51. The molecule has 1 N–H and O–H groups in total. The normalized spacial score (nSPS) is 17.9. The lowest BCUT2D eigenvalue weighted by molar-refractivity contribution is 0.484. The SMILES string of the molecule is CCNCc1ccn(CC2CCCc3ccccc32)c1. The van der Waals surface area contributed by atoms with Crippen LogP contribution in [0.2, 0.25) is 0 Å². The molecule has 1 unspecified atom stereocenters. The molecule has 0 aliphatic heterocycles. The number of benzene rings is 1. The number of hydrogen-bond acceptors (Lipinski definition) is 1. The van der Waals surface area contributed by atoms with Gasteiger partial charge in [-0.05, 0) is 48.6 Å². The Balaban J connectivity index is 1.71. The van der Waals surface area contributed by atoms with Gasteiger partial charge < -0.3 is 9.88 Å². The molecule has 0 saturated carbocycles. The molecular weight excluding hydrogens is 244 g/mol. The predicted octanol–water partition coefficient (Wildman–Crippen LogP) is 3.72. The molecule has 1 aliphatic carbocycles. The van der Waals surface area contributed by atoms with Gasteiger partial charge in [-0.15, -0.1) is 0 Å². The maximum Gasteiger partial charge on any atom is 0.0288 e. The molecule has 106 valence electrons. The average Bonchev–Trinajstić information content (AvgIpc) is 2.93. The minimum atomic E-state index is 0.680. The van der Waals surface area contributed by atoms with Gasteiger partial charge in [0.2, 0.25) is 0 Å². The maximum absolute atomic E-state index is 3.38. The molecule has 0 spiro atoms. The largest absolute Gasteiger partial charge is 0.353 e. The molecule has 1 aliphatic rings. The lowest BCUT2D eigenvalue weighted by Crippen LogP contribution is -2.15. The maximum atomic E-state index is 3.38. The highest BCUT2D eigenvalue weighted by Crippen LogP contribution is 2.32. The highest BCUT2D eigenvalue weighted by Gasteiger charge is 2.19. The van der Waals surface area contributed by atoms with Crippen LogP contribution in [0, 0.1) is 0 Å². The first-order valence-electron chi connectivity index (χ1n) is 7.80. The molecule has 2 nitrogen and oxygen atoms in total. The molecule has 1 aromatic heterocycles. The zero-order chi connectivity index (χ0) is 13.8. The first kappa shape index (κ1) is 13.4. The van der Waals surface area contributed by atoms with Crippen molar-refractivity contribution in [2.24, 2.45) is 0 Å². The predicted molar refractivity (Wildman–Crippen MR) is 83.9 cm³/mol. The summed E-state index contributed by atoms with van der Waals surface area (Å²) < 4.78 is 2.36. The highest BCUT2D eigenvalue weighted by molar-refractivity contribution is 5.32. The van der Waals surface area contributed by atoms with E-state index in [0.29, 0.717) is 5.92 Å². The first-order valence-corrected chi connectivity index (χ1v) is 7.80. The van der Waals surface area contributed by atoms with E-state index >= 15 is 0 Å². The van der Waals surface area contributed by atoms with Gasteiger partial charge in [-0.25, -0.2) is 0 Å². The molecule has 2 heteroatoms. The number of nitrogens with one attached hydrogen (secondary N) is 1. The van der Waals surface area contributed by atoms with Gasteiger partial charge in [-0.1, -0.05) is 31.2 Å². The van der Waals surface area contributed by atoms with Crippen LogP contribution in [0.3, 0.4) is 0 Å². The molecule has 0 bridgehead atoms. The van der Waals surface area contributed by atoms with Crippen LogP contribution in [0.15, 0.2) is 42.7 Å². The van der Waals surface area contributed by atoms with Crippen molar-refractivity contribution in [1.82, 2.24) is 9.88 Å². The molecule has 20 heavy (non-hydrogen) atoms. The van der Waals surface area contributed by atoms with Gasteiger partial charge >= 0.3 is 0 Å². The van der Waals surface area contributed by atoms with E-state index in [1.54, 1.807) is 11.1 Å². The Bertz CT molecular complexity index is 556. The Morgan fingerprint density at radius 2 is 2.15 bits per heavy atom. The molecule has 1 heterocycles. The summed E-state index contributed by atoms with van der Waals surface area (Å²) in [6.07, 6.45) is 8.42. The van der Waals surface area contributed by atoms with Crippen LogP contribution in [0.5, 0.6) is 0 Å². The van der Waals surface area contributed by atoms with Crippen LogP contribution in [0.4, 0.5) is 0 Å². The van der Waals surface area contributed by atoms with Crippen LogP contribution in [-0.2, 0) is 19.5 Å². The topological polar surface area (TPSA) is 17.0 Å². The van der Waals surface area contributed by atoms with E-state index in [9.17, 15) is 0 Å². The Morgan fingerprint density at radius 1 is 1.25 bits per heavy atom. The van der Waals surface area contributed by atoms with Gasteiger partial charge in [-0.3, -0.25) is 0 Å². The molecule has 2 aromatic rings. The van der Waals surface area contributed by atoms with Crippen molar-refractivity contribution in [2.75, 3.05) is 6.54 Å².